The predicted octanol–water partition coefficient (Wildman–Crippen LogP) is 1.45. The van der Waals surface area contributed by atoms with E-state index in [9.17, 15) is 4.79 Å². The fourth-order valence-electron chi connectivity index (χ4n) is 2.82. The van der Waals surface area contributed by atoms with Gasteiger partial charge in [0.25, 0.3) is 0 Å². The number of hydrogen-bond donors (Lipinski definition) is 3. The topological polar surface area (TPSA) is 88.7 Å². The summed E-state index contributed by atoms with van der Waals surface area (Å²) in [5, 5.41) is 6.50. The van der Waals surface area contributed by atoms with Gasteiger partial charge in [-0.3, -0.25) is 9.79 Å². The van der Waals surface area contributed by atoms with Crippen LogP contribution in [0.3, 0.4) is 0 Å². The average Bonchev–Trinajstić information content (AvgIpc) is 3.05. The van der Waals surface area contributed by atoms with Gasteiger partial charge >= 0.3 is 0 Å². The third kappa shape index (κ3) is 4.29. The van der Waals surface area contributed by atoms with Gasteiger partial charge in [0.1, 0.15) is 11.9 Å². The van der Waals surface area contributed by atoms with Crippen LogP contribution in [-0.2, 0) is 13.0 Å². The molecule has 6 heteroatoms. The van der Waals surface area contributed by atoms with Crippen LogP contribution in [0.4, 0.5) is 0 Å². The van der Waals surface area contributed by atoms with E-state index in [1.54, 1.807) is 19.2 Å². The van der Waals surface area contributed by atoms with Gasteiger partial charge in [-0.05, 0) is 29.3 Å². The Morgan fingerprint density at radius 2 is 2.08 bits per heavy atom. The van der Waals surface area contributed by atoms with Crippen LogP contribution in [0.5, 0.6) is 5.75 Å². The van der Waals surface area contributed by atoms with Crippen LogP contribution in [0.1, 0.15) is 21.5 Å². The van der Waals surface area contributed by atoms with Crippen LogP contribution < -0.4 is 21.1 Å². The van der Waals surface area contributed by atoms with E-state index < -0.39 is 5.91 Å². The van der Waals surface area contributed by atoms with Crippen LogP contribution in [0, 0.1) is 0 Å². The van der Waals surface area contributed by atoms with Crippen LogP contribution in [-0.4, -0.2) is 31.6 Å². The summed E-state index contributed by atoms with van der Waals surface area (Å²) >= 11 is 0. The first-order valence-electron chi connectivity index (χ1n) is 8.23. The second-order valence-electron chi connectivity index (χ2n) is 5.92. The molecular weight excluding hydrogens is 316 g/mol. The van der Waals surface area contributed by atoms with Crippen molar-refractivity contribution in [2.75, 3.05) is 13.6 Å². The summed E-state index contributed by atoms with van der Waals surface area (Å²) in [6, 6.07) is 15.3. The summed E-state index contributed by atoms with van der Waals surface area (Å²) in [5.74, 6) is 1.21. The number of carbonyl (C=O) groups is 1. The lowest BCUT2D eigenvalue weighted by Gasteiger charge is -2.15. The number of benzene rings is 2. The first-order valence-corrected chi connectivity index (χ1v) is 8.23. The third-order valence-electron chi connectivity index (χ3n) is 4.11. The summed E-state index contributed by atoms with van der Waals surface area (Å²) in [7, 11) is 1.72. The molecule has 25 heavy (non-hydrogen) atoms. The van der Waals surface area contributed by atoms with E-state index in [1.165, 1.54) is 5.56 Å². The van der Waals surface area contributed by atoms with E-state index in [0.29, 0.717) is 24.6 Å². The molecule has 0 bridgehead atoms. The molecule has 130 valence electrons. The molecule has 0 saturated heterocycles. The highest BCUT2D eigenvalue weighted by molar-refractivity contribution is 5.92. The Labute approximate surface area is 147 Å². The van der Waals surface area contributed by atoms with Gasteiger partial charge in [-0.25, -0.2) is 0 Å². The van der Waals surface area contributed by atoms with Crippen molar-refractivity contribution >= 4 is 11.9 Å². The number of guanidine groups is 1. The molecule has 1 aliphatic heterocycles. The zero-order valence-electron chi connectivity index (χ0n) is 14.2. The Morgan fingerprint density at radius 1 is 1.24 bits per heavy atom. The highest BCUT2D eigenvalue weighted by atomic mass is 16.5. The van der Waals surface area contributed by atoms with Crippen molar-refractivity contribution in [2.24, 2.45) is 10.7 Å². The molecule has 1 heterocycles. The number of carbonyl (C=O) groups excluding carboxylic acids is 1. The summed E-state index contributed by atoms with van der Waals surface area (Å²) in [6.07, 6.45) is 0.982. The number of hydrogen-bond acceptors (Lipinski definition) is 3. The SMILES string of the molecule is CN=C(NCc1cccc(C(N)=O)c1)NCC1Cc2ccccc2O1. The van der Waals surface area contributed by atoms with Gasteiger partial charge in [0.15, 0.2) is 5.96 Å². The molecule has 1 unspecified atom stereocenters. The van der Waals surface area contributed by atoms with E-state index in [-0.39, 0.29) is 6.10 Å². The molecule has 0 spiro atoms. The average molecular weight is 338 g/mol. The maximum Gasteiger partial charge on any atom is 0.248 e. The third-order valence-corrected chi connectivity index (χ3v) is 4.11. The molecule has 6 nitrogen and oxygen atoms in total. The maximum atomic E-state index is 11.2. The van der Waals surface area contributed by atoms with Gasteiger partial charge in [0, 0.05) is 25.6 Å². The number of ether oxygens (including phenoxy) is 1. The van der Waals surface area contributed by atoms with E-state index in [0.717, 1.165) is 17.7 Å². The smallest absolute Gasteiger partial charge is 0.248 e. The van der Waals surface area contributed by atoms with Gasteiger partial charge in [-0.1, -0.05) is 30.3 Å². The minimum Gasteiger partial charge on any atom is -0.488 e. The minimum absolute atomic E-state index is 0.0918. The molecule has 1 aliphatic rings. The molecule has 0 radical (unpaired) electrons. The highest BCUT2D eigenvalue weighted by Crippen LogP contribution is 2.27. The normalized spacial score (nSPS) is 16.0. The molecule has 4 N–H and O–H groups in total. The molecular formula is C19H22N4O2. The largest absolute Gasteiger partial charge is 0.488 e. The van der Waals surface area contributed by atoms with E-state index >= 15 is 0 Å². The van der Waals surface area contributed by atoms with Crippen molar-refractivity contribution < 1.29 is 9.53 Å². The van der Waals surface area contributed by atoms with Gasteiger partial charge in [0.2, 0.25) is 5.91 Å². The lowest BCUT2D eigenvalue weighted by Crippen LogP contribution is -2.41. The molecule has 0 aromatic heterocycles. The van der Waals surface area contributed by atoms with Crippen molar-refractivity contribution in [2.45, 2.75) is 19.1 Å². The minimum atomic E-state index is -0.428. The first kappa shape index (κ1) is 16.8. The van der Waals surface area contributed by atoms with Gasteiger partial charge in [0.05, 0.1) is 6.54 Å². The molecule has 2 aromatic carbocycles. The van der Waals surface area contributed by atoms with Crippen molar-refractivity contribution in [3.05, 3.63) is 65.2 Å². The highest BCUT2D eigenvalue weighted by Gasteiger charge is 2.22. The van der Waals surface area contributed by atoms with Crippen molar-refractivity contribution in [3.63, 3.8) is 0 Å². The maximum absolute atomic E-state index is 11.2. The Kier molecular flexibility index (Phi) is 5.18. The number of amides is 1. The number of nitrogens with zero attached hydrogens (tertiary/aromatic N) is 1. The Hall–Kier alpha value is -3.02. The number of primary amides is 1. The predicted molar refractivity (Wildman–Crippen MR) is 97.7 cm³/mol. The zero-order valence-corrected chi connectivity index (χ0v) is 14.2. The van der Waals surface area contributed by atoms with E-state index in [1.807, 2.05) is 30.3 Å². The van der Waals surface area contributed by atoms with Crippen LogP contribution >= 0.6 is 0 Å². The van der Waals surface area contributed by atoms with Crippen LogP contribution in [0.2, 0.25) is 0 Å². The second-order valence-corrected chi connectivity index (χ2v) is 5.92. The first-order chi connectivity index (χ1) is 12.2. The standard InChI is InChI=1S/C19H22N4O2/c1-21-19(22-11-13-5-4-7-15(9-13)18(20)24)23-12-16-10-14-6-2-3-8-17(14)25-16/h2-9,16H,10-12H2,1H3,(H2,20,24)(H2,21,22,23). The number of nitrogens with two attached hydrogens (primary N) is 1. The summed E-state index contributed by atoms with van der Waals surface area (Å²) in [4.78, 5) is 15.5. The van der Waals surface area contributed by atoms with Crippen LogP contribution in [0.25, 0.3) is 0 Å². The quantitative estimate of drug-likeness (QED) is 0.569. The number of aliphatic imine (C=N–C) groups is 1. The monoisotopic (exact) mass is 338 g/mol. The molecule has 1 amide bonds. The van der Waals surface area contributed by atoms with E-state index in [2.05, 4.69) is 21.7 Å². The number of rotatable bonds is 5. The summed E-state index contributed by atoms with van der Waals surface area (Å²) in [5.41, 5.74) is 8.01. The van der Waals surface area contributed by atoms with Crippen molar-refractivity contribution in [1.82, 2.24) is 10.6 Å². The van der Waals surface area contributed by atoms with Gasteiger partial charge in [-0.15, -0.1) is 0 Å². The summed E-state index contributed by atoms with van der Waals surface area (Å²) in [6.45, 7) is 1.21. The van der Waals surface area contributed by atoms with Crippen molar-refractivity contribution in [3.8, 4) is 5.75 Å². The molecule has 2 aromatic rings. The Bertz CT molecular complexity index is 763. The van der Waals surface area contributed by atoms with Crippen LogP contribution in [0.15, 0.2) is 53.5 Å². The summed E-state index contributed by atoms with van der Waals surface area (Å²) < 4.78 is 5.91. The fourth-order valence-corrected chi connectivity index (χ4v) is 2.82. The number of fused-ring (bicyclic) bond motifs is 1. The zero-order chi connectivity index (χ0) is 17.6. The van der Waals surface area contributed by atoms with Gasteiger partial charge in [-0.2, -0.15) is 0 Å². The van der Waals surface area contributed by atoms with Gasteiger partial charge < -0.3 is 21.1 Å². The molecule has 0 saturated carbocycles. The van der Waals surface area contributed by atoms with E-state index in [4.69, 9.17) is 10.5 Å². The Balaban J connectivity index is 1.49. The Morgan fingerprint density at radius 3 is 2.84 bits per heavy atom. The molecule has 0 aliphatic carbocycles. The molecule has 1 atom stereocenters. The van der Waals surface area contributed by atoms with Crippen molar-refractivity contribution in [1.29, 1.82) is 0 Å². The lowest BCUT2D eigenvalue weighted by molar-refractivity contribution is 0.1000. The molecule has 3 rings (SSSR count). The number of para-hydroxylation sites is 1. The molecule has 0 fully saturated rings. The fraction of sp³-hybridized carbons (Fsp3) is 0.263. The number of nitrogens with one attached hydrogen (secondary N) is 2. The second kappa shape index (κ2) is 7.70. The lowest BCUT2D eigenvalue weighted by atomic mass is 10.1.